The molecule has 3 heterocycles. The quantitative estimate of drug-likeness (QED) is 0.590. The van der Waals surface area contributed by atoms with E-state index in [1.807, 2.05) is 16.6 Å². The Morgan fingerprint density at radius 2 is 1.85 bits per heavy atom. The SMILES string of the molecule is Fc1ccc(CCNc2nc3nc4cc5c(cc4n3[nH]2)OCCO5)cc1. The number of ether oxygens (including phenoxy) is 2. The van der Waals surface area contributed by atoms with Crippen LogP contribution in [0.3, 0.4) is 0 Å². The van der Waals surface area contributed by atoms with Gasteiger partial charge >= 0.3 is 0 Å². The minimum Gasteiger partial charge on any atom is -0.486 e. The molecule has 26 heavy (non-hydrogen) atoms. The predicted molar refractivity (Wildman–Crippen MR) is 94.4 cm³/mol. The molecule has 1 aliphatic heterocycles. The third-order valence-electron chi connectivity index (χ3n) is 4.35. The first-order valence-corrected chi connectivity index (χ1v) is 8.42. The normalized spacial score (nSPS) is 13.4. The van der Waals surface area contributed by atoms with E-state index in [1.165, 1.54) is 12.1 Å². The van der Waals surface area contributed by atoms with Gasteiger partial charge in [0.25, 0.3) is 5.78 Å². The molecule has 2 aromatic carbocycles. The van der Waals surface area contributed by atoms with E-state index >= 15 is 0 Å². The number of imidazole rings is 1. The lowest BCUT2D eigenvalue weighted by Gasteiger charge is -2.17. The Morgan fingerprint density at radius 1 is 1.08 bits per heavy atom. The van der Waals surface area contributed by atoms with Gasteiger partial charge in [-0.2, -0.15) is 4.98 Å². The van der Waals surface area contributed by atoms with E-state index < -0.39 is 0 Å². The van der Waals surface area contributed by atoms with Gasteiger partial charge in [0, 0.05) is 18.7 Å². The van der Waals surface area contributed by atoms with Crippen molar-refractivity contribution in [2.24, 2.45) is 0 Å². The zero-order chi connectivity index (χ0) is 17.5. The van der Waals surface area contributed by atoms with Gasteiger partial charge in [0.15, 0.2) is 11.5 Å². The molecule has 0 spiro atoms. The molecule has 4 aromatic rings. The third kappa shape index (κ3) is 2.59. The van der Waals surface area contributed by atoms with Crippen LogP contribution in [0.25, 0.3) is 16.8 Å². The Labute approximate surface area is 147 Å². The molecule has 0 unspecified atom stereocenters. The van der Waals surface area contributed by atoms with Crippen molar-refractivity contribution in [2.45, 2.75) is 6.42 Å². The van der Waals surface area contributed by atoms with Crippen molar-refractivity contribution < 1.29 is 13.9 Å². The molecule has 0 aliphatic carbocycles. The number of aromatic amines is 1. The average Bonchev–Trinajstić information content (AvgIpc) is 3.19. The number of hydrogen-bond acceptors (Lipinski definition) is 5. The highest BCUT2D eigenvalue weighted by Crippen LogP contribution is 2.34. The summed E-state index contributed by atoms with van der Waals surface area (Å²) in [5, 5.41) is 6.43. The van der Waals surface area contributed by atoms with E-state index in [-0.39, 0.29) is 5.82 Å². The fraction of sp³-hybridized carbons (Fsp3) is 0.222. The van der Waals surface area contributed by atoms with Crippen LogP contribution in [0.15, 0.2) is 36.4 Å². The number of rotatable bonds is 4. The van der Waals surface area contributed by atoms with Gasteiger partial charge < -0.3 is 14.8 Å². The number of nitrogens with one attached hydrogen (secondary N) is 2. The van der Waals surface area contributed by atoms with Gasteiger partial charge in [0.1, 0.15) is 19.0 Å². The van der Waals surface area contributed by atoms with Crippen LogP contribution in [0.1, 0.15) is 5.56 Å². The lowest BCUT2D eigenvalue weighted by atomic mass is 10.1. The Balaban J connectivity index is 1.36. The molecular formula is C18H16FN5O2. The van der Waals surface area contributed by atoms with Gasteiger partial charge in [-0.1, -0.05) is 12.1 Å². The van der Waals surface area contributed by atoms with Crippen molar-refractivity contribution in [1.29, 1.82) is 0 Å². The second kappa shape index (κ2) is 5.91. The van der Waals surface area contributed by atoms with Crippen molar-refractivity contribution >= 4 is 22.8 Å². The molecule has 132 valence electrons. The lowest BCUT2D eigenvalue weighted by Crippen LogP contribution is -2.15. The van der Waals surface area contributed by atoms with Crippen LogP contribution in [-0.2, 0) is 6.42 Å². The van der Waals surface area contributed by atoms with Gasteiger partial charge in [0.2, 0.25) is 5.95 Å². The first-order chi connectivity index (χ1) is 12.8. The van der Waals surface area contributed by atoms with Crippen LogP contribution in [-0.4, -0.2) is 39.3 Å². The maximum atomic E-state index is 12.9. The molecule has 8 heteroatoms. The fourth-order valence-corrected chi connectivity index (χ4v) is 3.07. The van der Waals surface area contributed by atoms with E-state index in [4.69, 9.17) is 9.47 Å². The number of nitrogens with zero attached hydrogens (tertiary/aromatic N) is 3. The van der Waals surface area contributed by atoms with Crippen LogP contribution < -0.4 is 14.8 Å². The van der Waals surface area contributed by atoms with Crippen LogP contribution in [0.2, 0.25) is 0 Å². The molecule has 0 saturated carbocycles. The molecule has 7 nitrogen and oxygen atoms in total. The largest absolute Gasteiger partial charge is 0.486 e. The molecule has 2 N–H and O–H groups in total. The summed E-state index contributed by atoms with van der Waals surface area (Å²) in [4.78, 5) is 8.99. The molecule has 1 aliphatic rings. The minimum absolute atomic E-state index is 0.225. The lowest BCUT2D eigenvalue weighted by molar-refractivity contribution is 0.172. The number of H-pyrrole nitrogens is 1. The molecule has 0 bridgehead atoms. The Morgan fingerprint density at radius 3 is 2.65 bits per heavy atom. The number of anilines is 1. The first-order valence-electron chi connectivity index (χ1n) is 8.42. The number of halogens is 1. The second-order valence-corrected chi connectivity index (χ2v) is 6.11. The fourth-order valence-electron chi connectivity index (χ4n) is 3.07. The smallest absolute Gasteiger partial charge is 0.253 e. The van der Waals surface area contributed by atoms with Crippen molar-refractivity contribution in [3.8, 4) is 11.5 Å². The minimum atomic E-state index is -0.225. The molecule has 2 aromatic heterocycles. The maximum Gasteiger partial charge on any atom is 0.253 e. The highest BCUT2D eigenvalue weighted by atomic mass is 19.1. The van der Waals surface area contributed by atoms with E-state index in [1.54, 1.807) is 12.1 Å². The molecule has 0 amide bonds. The number of hydrogen-bond donors (Lipinski definition) is 2. The van der Waals surface area contributed by atoms with Crippen molar-refractivity contribution in [2.75, 3.05) is 25.1 Å². The summed E-state index contributed by atoms with van der Waals surface area (Å²) >= 11 is 0. The molecule has 0 atom stereocenters. The van der Waals surface area contributed by atoms with E-state index in [2.05, 4.69) is 20.4 Å². The molecule has 0 radical (unpaired) electrons. The topological polar surface area (TPSA) is 76.5 Å². The van der Waals surface area contributed by atoms with Gasteiger partial charge in [0.05, 0.1) is 11.0 Å². The molecule has 0 saturated heterocycles. The number of aromatic nitrogens is 4. The van der Waals surface area contributed by atoms with Gasteiger partial charge in [-0.05, 0) is 24.1 Å². The molecular weight excluding hydrogens is 337 g/mol. The van der Waals surface area contributed by atoms with E-state index in [0.717, 1.165) is 23.0 Å². The van der Waals surface area contributed by atoms with Crippen LogP contribution in [0.4, 0.5) is 10.3 Å². The second-order valence-electron chi connectivity index (χ2n) is 6.11. The first kappa shape index (κ1) is 15.0. The summed E-state index contributed by atoms with van der Waals surface area (Å²) in [6.45, 7) is 1.76. The van der Waals surface area contributed by atoms with Crippen LogP contribution >= 0.6 is 0 Å². The maximum absolute atomic E-state index is 12.9. The van der Waals surface area contributed by atoms with E-state index in [9.17, 15) is 4.39 Å². The number of benzene rings is 2. The van der Waals surface area contributed by atoms with E-state index in [0.29, 0.717) is 43.0 Å². The average molecular weight is 353 g/mol. The zero-order valence-electron chi connectivity index (χ0n) is 13.8. The summed E-state index contributed by atoms with van der Waals surface area (Å²) in [6, 6.07) is 10.3. The van der Waals surface area contributed by atoms with Crippen LogP contribution in [0, 0.1) is 5.82 Å². The van der Waals surface area contributed by atoms with Crippen molar-refractivity contribution in [3.63, 3.8) is 0 Å². The van der Waals surface area contributed by atoms with Gasteiger partial charge in [-0.15, -0.1) is 0 Å². The Kier molecular flexibility index (Phi) is 3.41. The highest BCUT2D eigenvalue weighted by Gasteiger charge is 2.17. The monoisotopic (exact) mass is 353 g/mol. The summed E-state index contributed by atoms with van der Waals surface area (Å²) in [5.74, 6) is 2.41. The molecule has 5 rings (SSSR count). The van der Waals surface area contributed by atoms with Gasteiger partial charge in [-0.3, -0.25) is 5.10 Å². The summed E-state index contributed by atoms with van der Waals surface area (Å²) in [6.07, 6.45) is 0.767. The number of fused-ring (bicyclic) bond motifs is 4. The highest BCUT2D eigenvalue weighted by molar-refractivity contribution is 5.83. The Bertz CT molecular complexity index is 1090. The zero-order valence-corrected chi connectivity index (χ0v) is 13.8. The summed E-state index contributed by atoms with van der Waals surface area (Å²) in [7, 11) is 0. The standard InChI is InChI=1S/C18H16FN5O2/c19-12-3-1-11(2-4-12)5-6-20-17-22-18-21-13-9-15-16(26-8-7-25-15)10-14(13)24(18)23-17/h1-4,9-10H,5-8H2,(H2,20,21,22,23). The van der Waals surface area contributed by atoms with Crippen LogP contribution in [0.5, 0.6) is 11.5 Å². The summed E-state index contributed by atoms with van der Waals surface area (Å²) < 4.78 is 26.0. The Hall–Kier alpha value is -3.29. The van der Waals surface area contributed by atoms with Crippen molar-refractivity contribution in [3.05, 3.63) is 47.8 Å². The third-order valence-corrected chi connectivity index (χ3v) is 4.35. The van der Waals surface area contributed by atoms with Crippen molar-refractivity contribution in [1.82, 2.24) is 19.6 Å². The molecule has 0 fully saturated rings. The van der Waals surface area contributed by atoms with Gasteiger partial charge in [-0.25, -0.2) is 13.9 Å². The summed E-state index contributed by atoms with van der Waals surface area (Å²) in [5.41, 5.74) is 2.73. The predicted octanol–water partition coefficient (Wildman–Crippen LogP) is 2.78.